The molecule has 1 fully saturated rings. The number of hydrogen-bond donors (Lipinski definition) is 2. The fraction of sp³-hybridized carbons (Fsp3) is 0.562. The summed E-state index contributed by atoms with van der Waals surface area (Å²) in [5, 5.41) is 6.81. The molecule has 0 spiro atoms. The minimum atomic E-state index is -0.00817. The number of hydrogen-bond acceptors (Lipinski definition) is 2. The van der Waals surface area contributed by atoms with Gasteiger partial charge in [0.1, 0.15) is 0 Å². The van der Waals surface area contributed by atoms with Crippen LogP contribution < -0.4 is 10.6 Å². The second kappa shape index (κ2) is 7.65. The molecular formula is C16H23ClN2O. The van der Waals surface area contributed by atoms with E-state index in [2.05, 4.69) is 10.6 Å². The summed E-state index contributed by atoms with van der Waals surface area (Å²) >= 11 is 5.94. The van der Waals surface area contributed by atoms with Crippen molar-refractivity contribution in [2.45, 2.75) is 39.0 Å². The van der Waals surface area contributed by atoms with Crippen molar-refractivity contribution < 1.29 is 4.79 Å². The molecule has 0 aliphatic heterocycles. The van der Waals surface area contributed by atoms with Gasteiger partial charge < -0.3 is 10.6 Å². The maximum Gasteiger partial charge on any atom is 0.238 e. The molecule has 0 bridgehead atoms. The predicted molar refractivity (Wildman–Crippen MR) is 84.3 cm³/mol. The highest BCUT2D eigenvalue weighted by atomic mass is 35.5. The molecule has 1 aliphatic carbocycles. The lowest BCUT2D eigenvalue weighted by molar-refractivity contribution is -0.115. The summed E-state index contributed by atoms with van der Waals surface area (Å²) in [6.07, 6.45) is 6.62. The Morgan fingerprint density at radius 3 is 2.80 bits per heavy atom. The molecule has 1 aliphatic rings. The fourth-order valence-electron chi connectivity index (χ4n) is 2.70. The van der Waals surface area contributed by atoms with Gasteiger partial charge in [-0.1, -0.05) is 36.9 Å². The average molecular weight is 295 g/mol. The third kappa shape index (κ3) is 4.80. The molecule has 3 nitrogen and oxygen atoms in total. The molecule has 0 atom stereocenters. The summed E-state index contributed by atoms with van der Waals surface area (Å²) < 4.78 is 0. The Hall–Kier alpha value is -1.06. The molecule has 1 aromatic carbocycles. The molecule has 0 heterocycles. The Morgan fingerprint density at radius 2 is 2.05 bits per heavy atom. The summed E-state index contributed by atoms with van der Waals surface area (Å²) in [6.45, 7) is 3.27. The van der Waals surface area contributed by atoms with Crippen LogP contribution in [0.5, 0.6) is 0 Å². The summed E-state index contributed by atoms with van der Waals surface area (Å²) in [4.78, 5) is 11.9. The number of aryl methyl sites for hydroxylation is 1. The number of rotatable bonds is 5. The van der Waals surface area contributed by atoms with Gasteiger partial charge >= 0.3 is 0 Å². The maximum atomic E-state index is 11.9. The normalized spacial score (nSPS) is 16.1. The van der Waals surface area contributed by atoms with E-state index in [1.807, 2.05) is 19.1 Å². The van der Waals surface area contributed by atoms with Crippen molar-refractivity contribution in [3.63, 3.8) is 0 Å². The van der Waals surface area contributed by atoms with E-state index in [-0.39, 0.29) is 5.91 Å². The van der Waals surface area contributed by atoms with Gasteiger partial charge in [0.05, 0.1) is 6.54 Å². The molecule has 110 valence electrons. The van der Waals surface area contributed by atoms with Crippen LogP contribution in [0.4, 0.5) is 5.69 Å². The highest BCUT2D eigenvalue weighted by molar-refractivity contribution is 6.31. The first kappa shape index (κ1) is 15.3. The minimum Gasteiger partial charge on any atom is -0.325 e. The lowest BCUT2D eigenvalue weighted by Crippen LogP contribution is -2.32. The molecule has 4 heteroatoms. The second-order valence-electron chi connectivity index (χ2n) is 5.64. The van der Waals surface area contributed by atoms with Crippen LogP contribution in [0.15, 0.2) is 18.2 Å². The Balaban J connectivity index is 1.73. The van der Waals surface area contributed by atoms with Crippen LogP contribution in [-0.4, -0.2) is 19.0 Å². The van der Waals surface area contributed by atoms with Gasteiger partial charge in [-0.15, -0.1) is 0 Å². The van der Waals surface area contributed by atoms with E-state index in [0.717, 1.165) is 23.7 Å². The van der Waals surface area contributed by atoms with Crippen LogP contribution in [0.25, 0.3) is 0 Å². The largest absolute Gasteiger partial charge is 0.325 e. The fourth-order valence-corrected chi connectivity index (χ4v) is 2.88. The maximum absolute atomic E-state index is 11.9. The Morgan fingerprint density at radius 1 is 1.30 bits per heavy atom. The molecular weight excluding hydrogens is 272 g/mol. The number of carbonyl (C=O) groups is 1. The van der Waals surface area contributed by atoms with Gasteiger partial charge in [-0.25, -0.2) is 0 Å². The van der Waals surface area contributed by atoms with Gasteiger partial charge in [0.25, 0.3) is 0 Å². The van der Waals surface area contributed by atoms with Crippen molar-refractivity contribution in [3.8, 4) is 0 Å². The van der Waals surface area contributed by atoms with Gasteiger partial charge in [0, 0.05) is 10.7 Å². The number of halogens is 1. The van der Waals surface area contributed by atoms with Gasteiger partial charge in [-0.3, -0.25) is 4.79 Å². The van der Waals surface area contributed by atoms with Crippen LogP contribution >= 0.6 is 11.6 Å². The van der Waals surface area contributed by atoms with E-state index in [1.165, 1.54) is 32.1 Å². The molecule has 1 amide bonds. The van der Waals surface area contributed by atoms with E-state index in [0.29, 0.717) is 11.6 Å². The number of carbonyl (C=O) groups excluding carboxylic acids is 1. The van der Waals surface area contributed by atoms with Crippen LogP contribution in [0.2, 0.25) is 5.02 Å². The first-order chi connectivity index (χ1) is 9.65. The van der Waals surface area contributed by atoms with Crippen LogP contribution in [0, 0.1) is 12.8 Å². The molecule has 20 heavy (non-hydrogen) atoms. The van der Waals surface area contributed by atoms with Gasteiger partial charge in [0.2, 0.25) is 5.91 Å². The third-order valence-electron chi connectivity index (χ3n) is 3.92. The molecule has 1 aromatic rings. The van der Waals surface area contributed by atoms with Crippen molar-refractivity contribution in [1.82, 2.24) is 5.32 Å². The van der Waals surface area contributed by atoms with E-state index in [9.17, 15) is 4.79 Å². The summed E-state index contributed by atoms with van der Waals surface area (Å²) in [5.41, 5.74) is 1.82. The molecule has 0 unspecified atom stereocenters. The standard InChI is InChI=1S/C16H23ClN2O/c1-12-7-8-14(17)9-15(12)19-16(20)11-18-10-13-5-3-2-4-6-13/h7-9,13,18H,2-6,10-11H2,1H3,(H,19,20). The van der Waals surface area contributed by atoms with E-state index < -0.39 is 0 Å². The quantitative estimate of drug-likeness (QED) is 0.868. The number of benzene rings is 1. The average Bonchev–Trinajstić information content (AvgIpc) is 2.44. The predicted octanol–water partition coefficient (Wildman–Crippen LogP) is 3.76. The molecule has 0 aromatic heterocycles. The second-order valence-corrected chi connectivity index (χ2v) is 6.08. The van der Waals surface area contributed by atoms with Crippen molar-refractivity contribution in [3.05, 3.63) is 28.8 Å². The van der Waals surface area contributed by atoms with E-state index in [4.69, 9.17) is 11.6 Å². The highest BCUT2D eigenvalue weighted by Crippen LogP contribution is 2.23. The first-order valence-corrected chi connectivity index (χ1v) is 7.79. The summed E-state index contributed by atoms with van der Waals surface area (Å²) in [5.74, 6) is 0.732. The summed E-state index contributed by atoms with van der Waals surface area (Å²) in [6, 6.07) is 5.52. The van der Waals surface area contributed by atoms with E-state index in [1.54, 1.807) is 6.07 Å². The number of anilines is 1. The van der Waals surface area contributed by atoms with Gasteiger partial charge in [-0.2, -0.15) is 0 Å². The van der Waals surface area contributed by atoms with Crippen molar-refractivity contribution >= 4 is 23.2 Å². The third-order valence-corrected chi connectivity index (χ3v) is 4.15. The minimum absolute atomic E-state index is 0.00817. The highest BCUT2D eigenvalue weighted by Gasteiger charge is 2.13. The van der Waals surface area contributed by atoms with Crippen molar-refractivity contribution in [2.24, 2.45) is 5.92 Å². The number of nitrogens with one attached hydrogen (secondary N) is 2. The lowest BCUT2D eigenvalue weighted by atomic mass is 9.89. The van der Waals surface area contributed by atoms with Crippen LogP contribution in [0.1, 0.15) is 37.7 Å². The van der Waals surface area contributed by atoms with E-state index >= 15 is 0 Å². The Kier molecular flexibility index (Phi) is 5.86. The van der Waals surface area contributed by atoms with Crippen molar-refractivity contribution in [1.29, 1.82) is 0 Å². The smallest absolute Gasteiger partial charge is 0.238 e. The zero-order valence-corrected chi connectivity index (χ0v) is 12.8. The van der Waals surface area contributed by atoms with Gasteiger partial charge in [-0.05, 0) is 49.9 Å². The molecule has 0 saturated heterocycles. The molecule has 2 N–H and O–H groups in total. The molecule has 0 radical (unpaired) electrons. The van der Waals surface area contributed by atoms with Crippen LogP contribution in [-0.2, 0) is 4.79 Å². The molecule has 1 saturated carbocycles. The van der Waals surface area contributed by atoms with Gasteiger partial charge in [0.15, 0.2) is 0 Å². The lowest BCUT2D eigenvalue weighted by Gasteiger charge is -2.21. The van der Waals surface area contributed by atoms with Crippen molar-refractivity contribution in [2.75, 3.05) is 18.4 Å². The Labute approximate surface area is 126 Å². The zero-order chi connectivity index (χ0) is 14.4. The first-order valence-electron chi connectivity index (χ1n) is 7.42. The Bertz CT molecular complexity index is 456. The summed E-state index contributed by atoms with van der Waals surface area (Å²) in [7, 11) is 0. The molecule has 2 rings (SSSR count). The SMILES string of the molecule is Cc1ccc(Cl)cc1NC(=O)CNCC1CCCCC1. The monoisotopic (exact) mass is 294 g/mol. The number of amides is 1. The zero-order valence-electron chi connectivity index (χ0n) is 12.0. The van der Waals surface area contributed by atoms with Crippen LogP contribution in [0.3, 0.4) is 0 Å². The topological polar surface area (TPSA) is 41.1 Å².